The molecular weight excluding hydrogens is 388 g/mol. The molecule has 144 valence electrons. The number of pyridine rings is 1. The van der Waals surface area contributed by atoms with Gasteiger partial charge in [0.15, 0.2) is 0 Å². The highest BCUT2D eigenvalue weighted by Gasteiger charge is 2.28. The van der Waals surface area contributed by atoms with Crippen LogP contribution in [0.25, 0.3) is 0 Å². The van der Waals surface area contributed by atoms with Crippen LogP contribution in [-0.4, -0.2) is 61.7 Å². The van der Waals surface area contributed by atoms with Crippen molar-refractivity contribution in [3.8, 4) is 0 Å². The summed E-state index contributed by atoms with van der Waals surface area (Å²) >= 11 is 6.14. The molecular formula is C18H21ClN4O3S. The molecule has 1 fully saturated rings. The van der Waals surface area contributed by atoms with Crippen LogP contribution in [0.3, 0.4) is 0 Å². The molecule has 1 aliphatic heterocycles. The van der Waals surface area contributed by atoms with E-state index in [0.29, 0.717) is 26.2 Å². The third kappa shape index (κ3) is 4.65. The van der Waals surface area contributed by atoms with Gasteiger partial charge in [0.25, 0.3) is 5.91 Å². The summed E-state index contributed by atoms with van der Waals surface area (Å²) in [4.78, 5) is 18.6. The van der Waals surface area contributed by atoms with Crippen molar-refractivity contribution in [2.24, 2.45) is 0 Å². The van der Waals surface area contributed by atoms with E-state index in [4.69, 9.17) is 11.6 Å². The molecule has 0 aliphatic carbocycles. The molecule has 2 aromatic rings. The minimum absolute atomic E-state index is 0.0722. The minimum Gasteiger partial charge on any atom is -0.348 e. The zero-order valence-corrected chi connectivity index (χ0v) is 16.5. The summed E-state index contributed by atoms with van der Waals surface area (Å²) in [6.07, 6.45) is 3.30. The second-order valence-electron chi connectivity index (χ2n) is 6.39. The number of aromatic nitrogens is 1. The number of halogens is 1. The van der Waals surface area contributed by atoms with Crippen molar-refractivity contribution in [3.63, 3.8) is 0 Å². The molecule has 27 heavy (non-hydrogen) atoms. The number of nitrogens with one attached hydrogen (secondary N) is 1. The number of amides is 1. The van der Waals surface area contributed by atoms with Crippen molar-refractivity contribution in [2.45, 2.75) is 11.4 Å². The van der Waals surface area contributed by atoms with Gasteiger partial charge in [-0.15, -0.1) is 0 Å². The van der Waals surface area contributed by atoms with Crippen molar-refractivity contribution in [3.05, 3.63) is 58.9 Å². The minimum atomic E-state index is -3.67. The number of hydrogen-bond donors (Lipinski definition) is 1. The Morgan fingerprint density at radius 3 is 2.63 bits per heavy atom. The standard InChI is InChI=1S/C18H21ClN4O3S/c1-22-7-9-23(10-8-22)27(25,26)15-4-5-17(19)16(11-15)18(24)21-13-14-3-2-6-20-12-14/h2-6,11-12H,7-10,13H2,1H3,(H,21,24). The van der Waals surface area contributed by atoms with Gasteiger partial charge < -0.3 is 10.2 Å². The number of nitrogens with zero attached hydrogens (tertiary/aromatic N) is 3. The molecule has 1 aliphatic rings. The molecule has 7 nitrogen and oxygen atoms in total. The molecule has 2 heterocycles. The smallest absolute Gasteiger partial charge is 0.253 e. The summed E-state index contributed by atoms with van der Waals surface area (Å²) in [6.45, 7) is 2.46. The fourth-order valence-electron chi connectivity index (χ4n) is 2.80. The Kier molecular flexibility index (Phi) is 6.11. The number of hydrogen-bond acceptors (Lipinski definition) is 5. The van der Waals surface area contributed by atoms with Gasteiger partial charge >= 0.3 is 0 Å². The summed E-state index contributed by atoms with van der Waals surface area (Å²) in [5, 5.41) is 2.95. The Bertz CT molecular complexity index is 913. The fraction of sp³-hybridized carbons (Fsp3) is 0.333. The lowest BCUT2D eigenvalue weighted by Gasteiger charge is -2.31. The number of sulfonamides is 1. The van der Waals surface area contributed by atoms with Gasteiger partial charge in [0, 0.05) is 45.1 Å². The molecule has 1 N–H and O–H groups in total. The van der Waals surface area contributed by atoms with Crippen LogP contribution in [0.2, 0.25) is 5.02 Å². The number of carbonyl (C=O) groups excluding carboxylic acids is 1. The normalized spacial score (nSPS) is 16.2. The molecule has 1 amide bonds. The SMILES string of the molecule is CN1CCN(S(=O)(=O)c2ccc(Cl)c(C(=O)NCc3cccnc3)c2)CC1. The van der Waals surface area contributed by atoms with E-state index < -0.39 is 15.9 Å². The predicted octanol–water partition coefficient (Wildman–Crippen LogP) is 1.60. The van der Waals surface area contributed by atoms with Crippen molar-refractivity contribution in [1.29, 1.82) is 0 Å². The number of likely N-dealkylation sites (N-methyl/N-ethyl adjacent to an activating group) is 1. The summed E-state index contributed by atoms with van der Waals surface area (Å²) in [7, 11) is -1.71. The lowest BCUT2D eigenvalue weighted by molar-refractivity contribution is 0.0951. The lowest BCUT2D eigenvalue weighted by atomic mass is 10.2. The van der Waals surface area contributed by atoms with Crippen molar-refractivity contribution < 1.29 is 13.2 Å². The van der Waals surface area contributed by atoms with Crippen LogP contribution in [-0.2, 0) is 16.6 Å². The largest absolute Gasteiger partial charge is 0.348 e. The molecule has 0 atom stereocenters. The van der Waals surface area contributed by atoms with Gasteiger partial charge in [-0.25, -0.2) is 8.42 Å². The summed E-state index contributed by atoms with van der Waals surface area (Å²) in [5.74, 6) is -0.431. The zero-order chi connectivity index (χ0) is 19.4. The molecule has 0 radical (unpaired) electrons. The van der Waals surface area contributed by atoms with Gasteiger partial charge in [0.1, 0.15) is 0 Å². The van der Waals surface area contributed by atoms with Crippen LogP contribution in [0.15, 0.2) is 47.6 Å². The summed E-state index contributed by atoms with van der Waals surface area (Å²) < 4.78 is 27.2. The van der Waals surface area contributed by atoms with E-state index in [2.05, 4.69) is 15.2 Å². The van der Waals surface area contributed by atoms with Crippen LogP contribution in [0.4, 0.5) is 0 Å². The third-order valence-electron chi connectivity index (χ3n) is 4.46. The monoisotopic (exact) mass is 408 g/mol. The predicted molar refractivity (Wildman–Crippen MR) is 103 cm³/mol. The van der Waals surface area contributed by atoms with E-state index in [1.165, 1.54) is 22.5 Å². The number of piperazine rings is 1. The van der Waals surface area contributed by atoms with Gasteiger partial charge in [-0.2, -0.15) is 4.31 Å². The quantitative estimate of drug-likeness (QED) is 0.812. The zero-order valence-electron chi connectivity index (χ0n) is 14.9. The molecule has 0 unspecified atom stereocenters. The van der Waals surface area contributed by atoms with Crippen LogP contribution >= 0.6 is 11.6 Å². The second kappa shape index (κ2) is 8.35. The van der Waals surface area contributed by atoms with E-state index in [9.17, 15) is 13.2 Å². The molecule has 1 aromatic heterocycles. The van der Waals surface area contributed by atoms with Gasteiger partial charge in [-0.05, 0) is 36.9 Å². The summed E-state index contributed by atoms with van der Waals surface area (Å²) in [5.41, 5.74) is 0.971. The fourth-order valence-corrected chi connectivity index (χ4v) is 4.45. The Labute approximate surface area is 164 Å². The van der Waals surface area contributed by atoms with E-state index in [0.717, 1.165) is 5.56 Å². The van der Waals surface area contributed by atoms with Crippen molar-refractivity contribution in [1.82, 2.24) is 19.5 Å². The average molecular weight is 409 g/mol. The first kappa shape index (κ1) is 19.8. The van der Waals surface area contributed by atoms with Crippen LogP contribution in [0.5, 0.6) is 0 Å². The number of carbonyl (C=O) groups is 1. The number of benzene rings is 1. The molecule has 0 spiro atoms. The molecule has 0 bridgehead atoms. The number of rotatable bonds is 5. The highest BCUT2D eigenvalue weighted by atomic mass is 35.5. The first-order valence-corrected chi connectivity index (χ1v) is 10.3. The molecule has 1 saturated heterocycles. The lowest BCUT2D eigenvalue weighted by Crippen LogP contribution is -2.47. The second-order valence-corrected chi connectivity index (χ2v) is 8.74. The van der Waals surface area contributed by atoms with Gasteiger partial charge in [0.05, 0.1) is 15.5 Å². The van der Waals surface area contributed by atoms with E-state index >= 15 is 0 Å². The molecule has 9 heteroatoms. The highest BCUT2D eigenvalue weighted by Crippen LogP contribution is 2.24. The summed E-state index contributed by atoms with van der Waals surface area (Å²) in [6, 6.07) is 7.84. The van der Waals surface area contributed by atoms with Crippen LogP contribution < -0.4 is 5.32 Å². The van der Waals surface area contributed by atoms with Gasteiger partial charge in [-0.3, -0.25) is 9.78 Å². The third-order valence-corrected chi connectivity index (χ3v) is 6.68. The first-order chi connectivity index (χ1) is 12.9. The Morgan fingerprint density at radius 1 is 1.22 bits per heavy atom. The van der Waals surface area contributed by atoms with Crippen LogP contribution in [0.1, 0.15) is 15.9 Å². The average Bonchev–Trinajstić information content (AvgIpc) is 2.67. The first-order valence-electron chi connectivity index (χ1n) is 8.53. The topological polar surface area (TPSA) is 82.6 Å². The van der Waals surface area contributed by atoms with Crippen molar-refractivity contribution >= 4 is 27.5 Å². The molecule has 1 aromatic carbocycles. The Balaban J connectivity index is 1.78. The van der Waals surface area contributed by atoms with Gasteiger partial charge in [-0.1, -0.05) is 17.7 Å². The van der Waals surface area contributed by atoms with E-state index in [-0.39, 0.29) is 22.0 Å². The van der Waals surface area contributed by atoms with Crippen molar-refractivity contribution in [2.75, 3.05) is 33.2 Å². The van der Waals surface area contributed by atoms with Crippen LogP contribution in [0, 0.1) is 0 Å². The maximum absolute atomic E-state index is 12.9. The van der Waals surface area contributed by atoms with Gasteiger partial charge in [0.2, 0.25) is 10.0 Å². The Hall–Kier alpha value is -2.00. The maximum atomic E-state index is 12.9. The van der Waals surface area contributed by atoms with E-state index in [1.807, 2.05) is 13.1 Å². The molecule has 3 rings (SSSR count). The van der Waals surface area contributed by atoms with E-state index in [1.54, 1.807) is 18.5 Å². The Morgan fingerprint density at radius 2 is 1.96 bits per heavy atom. The molecule has 0 saturated carbocycles. The maximum Gasteiger partial charge on any atom is 0.253 e. The highest BCUT2D eigenvalue weighted by molar-refractivity contribution is 7.89.